The van der Waals surface area contributed by atoms with Crippen LogP contribution < -0.4 is 14.2 Å². The molecule has 0 spiro atoms. The summed E-state index contributed by atoms with van der Waals surface area (Å²) in [6.07, 6.45) is 7.44. The first-order chi connectivity index (χ1) is 18.5. The second kappa shape index (κ2) is 12.1. The van der Waals surface area contributed by atoms with Crippen LogP contribution in [0.15, 0.2) is 79.4 Å². The van der Waals surface area contributed by atoms with Crippen molar-refractivity contribution in [3.05, 3.63) is 90.5 Å². The number of rotatable bonds is 12. The first-order valence-corrected chi connectivity index (χ1v) is 12.4. The lowest BCUT2D eigenvalue weighted by Crippen LogP contribution is -2.31. The molecule has 4 rings (SSSR count). The van der Waals surface area contributed by atoms with Crippen molar-refractivity contribution in [3.8, 4) is 17.2 Å². The van der Waals surface area contributed by atoms with Crippen molar-refractivity contribution in [2.24, 2.45) is 0 Å². The molecule has 1 saturated heterocycles. The molecular formula is C29H31N3O6. The number of carbonyl (C=O) groups is 2. The highest BCUT2D eigenvalue weighted by molar-refractivity contribution is 6.46. The highest BCUT2D eigenvalue weighted by Gasteiger charge is 2.46. The van der Waals surface area contributed by atoms with Gasteiger partial charge in [0.1, 0.15) is 18.1 Å². The number of hydrogen-bond donors (Lipinski definition) is 1. The number of ether oxygens (including phenoxy) is 3. The largest absolute Gasteiger partial charge is 0.507 e. The van der Waals surface area contributed by atoms with Crippen LogP contribution in [0, 0.1) is 0 Å². The smallest absolute Gasteiger partial charge is 0.295 e. The lowest BCUT2D eigenvalue weighted by atomic mass is 9.95. The van der Waals surface area contributed by atoms with E-state index in [2.05, 4.69) is 11.6 Å². The highest BCUT2D eigenvalue weighted by Crippen LogP contribution is 2.42. The van der Waals surface area contributed by atoms with Gasteiger partial charge in [0.05, 0.1) is 31.7 Å². The Morgan fingerprint density at radius 1 is 1.11 bits per heavy atom. The highest BCUT2D eigenvalue weighted by atomic mass is 16.5. The summed E-state index contributed by atoms with van der Waals surface area (Å²) >= 11 is 0. The molecule has 0 bridgehead atoms. The van der Waals surface area contributed by atoms with Gasteiger partial charge in [-0.05, 0) is 55.3 Å². The van der Waals surface area contributed by atoms with E-state index in [1.54, 1.807) is 68.2 Å². The number of ketones is 1. The van der Waals surface area contributed by atoms with Gasteiger partial charge in [0.2, 0.25) is 0 Å². The van der Waals surface area contributed by atoms with Crippen LogP contribution in [0.1, 0.15) is 30.5 Å². The average molecular weight is 518 g/mol. The average Bonchev–Trinajstić information content (AvgIpc) is 3.54. The van der Waals surface area contributed by atoms with Gasteiger partial charge in [-0.1, -0.05) is 18.7 Å². The van der Waals surface area contributed by atoms with Crippen molar-refractivity contribution in [1.82, 2.24) is 14.5 Å². The summed E-state index contributed by atoms with van der Waals surface area (Å²) in [5.74, 6) is -0.0628. The van der Waals surface area contributed by atoms with Crippen molar-refractivity contribution >= 4 is 17.4 Å². The van der Waals surface area contributed by atoms with Gasteiger partial charge < -0.3 is 28.8 Å². The van der Waals surface area contributed by atoms with E-state index in [9.17, 15) is 14.7 Å². The zero-order valence-electron chi connectivity index (χ0n) is 21.5. The SMILES string of the molecule is C=CCOc1ccc(C2/C(=C(\O)c3ccc(OC)cc3)C(=O)C(=O)N2CCCn2ccnc2)cc1OCC. The minimum atomic E-state index is -0.812. The fraction of sp³-hybridized carbons (Fsp3) is 0.276. The minimum Gasteiger partial charge on any atom is -0.507 e. The first kappa shape index (κ1) is 26.5. The molecule has 38 heavy (non-hydrogen) atoms. The molecule has 1 aliphatic heterocycles. The maximum absolute atomic E-state index is 13.3. The van der Waals surface area contributed by atoms with Crippen molar-refractivity contribution in [2.75, 3.05) is 26.9 Å². The van der Waals surface area contributed by atoms with E-state index >= 15 is 0 Å². The maximum Gasteiger partial charge on any atom is 0.295 e. The molecule has 0 saturated carbocycles. The summed E-state index contributed by atoms with van der Waals surface area (Å²) in [6.45, 7) is 7.14. The number of hydrogen-bond acceptors (Lipinski definition) is 7. The maximum atomic E-state index is 13.3. The number of benzene rings is 2. The zero-order chi connectivity index (χ0) is 27.1. The predicted octanol–water partition coefficient (Wildman–Crippen LogP) is 4.37. The second-order valence-corrected chi connectivity index (χ2v) is 8.61. The summed E-state index contributed by atoms with van der Waals surface area (Å²) < 4.78 is 18.6. The molecule has 1 amide bonds. The number of aryl methyl sites for hydroxylation is 1. The Morgan fingerprint density at radius 3 is 2.55 bits per heavy atom. The number of likely N-dealkylation sites (tertiary alicyclic amines) is 1. The number of imidazole rings is 1. The predicted molar refractivity (Wildman–Crippen MR) is 142 cm³/mol. The third-order valence-electron chi connectivity index (χ3n) is 6.22. The van der Waals surface area contributed by atoms with E-state index in [0.29, 0.717) is 61.1 Å². The topological polar surface area (TPSA) is 103 Å². The van der Waals surface area contributed by atoms with Crippen LogP contribution in [0.4, 0.5) is 0 Å². The third kappa shape index (κ3) is 5.56. The lowest BCUT2D eigenvalue weighted by Gasteiger charge is -2.26. The summed E-state index contributed by atoms with van der Waals surface area (Å²) in [5.41, 5.74) is 1.05. The Morgan fingerprint density at radius 2 is 1.89 bits per heavy atom. The van der Waals surface area contributed by atoms with Gasteiger partial charge in [0, 0.05) is 31.0 Å². The number of nitrogens with zero attached hydrogens (tertiary/aromatic N) is 3. The molecule has 1 unspecified atom stereocenters. The van der Waals surface area contributed by atoms with Gasteiger partial charge in [-0.3, -0.25) is 9.59 Å². The van der Waals surface area contributed by atoms with Crippen molar-refractivity contribution in [2.45, 2.75) is 25.9 Å². The molecule has 0 aliphatic carbocycles. The zero-order valence-corrected chi connectivity index (χ0v) is 21.5. The summed E-state index contributed by atoms with van der Waals surface area (Å²) in [6, 6.07) is 11.1. The Bertz CT molecular complexity index is 1310. The molecule has 2 heterocycles. The molecule has 3 aromatic rings. The van der Waals surface area contributed by atoms with Gasteiger partial charge >= 0.3 is 0 Å². The Balaban J connectivity index is 1.77. The van der Waals surface area contributed by atoms with E-state index in [0.717, 1.165) is 0 Å². The molecule has 0 radical (unpaired) electrons. The number of methoxy groups -OCH3 is 1. The minimum absolute atomic E-state index is 0.0185. The van der Waals surface area contributed by atoms with E-state index in [1.807, 2.05) is 17.7 Å². The summed E-state index contributed by atoms with van der Waals surface area (Å²) in [4.78, 5) is 32.2. The van der Waals surface area contributed by atoms with Crippen molar-refractivity contribution in [1.29, 1.82) is 0 Å². The molecule has 1 N–H and O–H groups in total. The first-order valence-electron chi connectivity index (χ1n) is 12.4. The third-order valence-corrected chi connectivity index (χ3v) is 6.22. The van der Waals surface area contributed by atoms with Crippen LogP contribution in [0.3, 0.4) is 0 Å². The molecule has 1 aliphatic rings. The quantitative estimate of drug-likeness (QED) is 0.165. The summed E-state index contributed by atoms with van der Waals surface area (Å²) in [5, 5.41) is 11.3. The van der Waals surface area contributed by atoms with Crippen LogP contribution in [0.5, 0.6) is 17.2 Å². The normalized spacial score (nSPS) is 16.5. The van der Waals surface area contributed by atoms with Gasteiger partial charge in [-0.15, -0.1) is 0 Å². The fourth-order valence-electron chi connectivity index (χ4n) is 4.44. The van der Waals surface area contributed by atoms with Crippen LogP contribution in [0.25, 0.3) is 5.76 Å². The number of Topliss-reactive ketones (excluding diaryl/α,β-unsaturated/α-hetero) is 1. The van der Waals surface area contributed by atoms with Crippen molar-refractivity contribution < 1.29 is 28.9 Å². The number of aliphatic hydroxyl groups is 1. The molecule has 9 nitrogen and oxygen atoms in total. The van der Waals surface area contributed by atoms with Gasteiger partial charge in [0.25, 0.3) is 11.7 Å². The fourth-order valence-corrected chi connectivity index (χ4v) is 4.44. The molecule has 1 fully saturated rings. The van der Waals surface area contributed by atoms with Crippen LogP contribution in [0.2, 0.25) is 0 Å². The number of amides is 1. The number of carbonyl (C=O) groups excluding carboxylic acids is 2. The van der Waals surface area contributed by atoms with E-state index in [1.165, 1.54) is 4.90 Å². The number of aromatic nitrogens is 2. The summed E-state index contributed by atoms with van der Waals surface area (Å²) in [7, 11) is 1.54. The lowest BCUT2D eigenvalue weighted by molar-refractivity contribution is -0.139. The van der Waals surface area contributed by atoms with E-state index in [4.69, 9.17) is 14.2 Å². The molecular weight excluding hydrogens is 486 g/mol. The van der Waals surface area contributed by atoms with E-state index < -0.39 is 17.7 Å². The molecule has 9 heteroatoms. The molecule has 1 aromatic heterocycles. The van der Waals surface area contributed by atoms with Gasteiger partial charge in [-0.25, -0.2) is 4.98 Å². The van der Waals surface area contributed by atoms with Crippen LogP contribution in [-0.2, 0) is 16.1 Å². The Kier molecular flexibility index (Phi) is 8.47. The van der Waals surface area contributed by atoms with Crippen molar-refractivity contribution in [3.63, 3.8) is 0 Å². The van der Waals surface area contributed by atoms with Gasteiger partial charge in [0.15, 0.2) is 11.5 Å². The Hall–Kier alpha value is -4.53. The standard InChI is InChI=1S/C29H31N3O6/c1-4-17-38-23-12-9-21(18-24(23)37-5-2)26-25(27(33)20-7-10-22(36-3)11-8-20)28(34)29(35)32(26)15-6-14-31-16-13-30-19-31/h4,7-13,16,18-19,26,33H,1,5-6,14-15,17H2,2-3H3/b27-25+. The van der Waals surface area contributed by atoms with Crippen LogP contribution >= 0.6 is 0 Å². The molecule has 2 aromatic carbocycles. The van der Waals surface area contributed by atoms with Gasteiger partial charge in [-0.2, -0.15) is 0 Å². The van der Waals surface area contributed by atoms with Crippen LogP contribution in [-0.4, -0.2) is 58.1 Å². The monoisotopic (exact) mass is 517 g/mol. The van der Waals surface area contributed by atoms with E-state index in [-0.39, 0.29) is 11.3 Å². The number of aliphatic hydroxyl groups excluding tert-OH is 1. The molecule has 1 atom stereocenters. The second-order valence-electron chi connectivity index (χ2n) is 8.61. The Labute approximate surface area is 221 Å². The molecule has 198 valence electrons.